The second-order valence-corrected chi connectivity index (χ2v) is 4.53. The lowest BCUT2D eigenvalue weighted by atomic mass is 10.2. The maximum atomic E-state index is 11.8. The Bertz CT molecular complexity index is 818. The fraction of sp³-hybridized carbons (Fsp3) is 0.125. The molecule has 2 aromatic carbocycles. The van der Waals surface area contributed by atoms with Gasteiger partial charge in [0, 0.05) is 6.07 Å². The molecule has 22 heavy (non-hydrogen) atoms. The molecule has 1 heterocycles. The Balaban J connectivity index is 0.00000176. The summed E-state index contributed by atoms with van der Waals surface area (Å²) in [5.74, 6) is 1.07. The number of H-pyrrole nitrogens is 1. The molecule has 1 N–H and O–H groups in total. The molecule has 3 rings (SSSR count). The summed E-state index contributed by atoms with van der Waals surface area (Å²) >= 11 is 0. The van der Waals surface area contributed by atoms with Crippen LogP contribution in [0.3, 0.4) is 0 Å². The van der Waals surface area contributed by atoms with Gasteiger partial charge in [0.05, 0.1) is 24.3 Å². The third-order valence-corrected chi connectivity index (χ3v) is 3.16. The van der Waals surface area contributed by atoms with Gasteiger partial charge in [0.25, 0.3) is 5.56 Å². The number of fused-ring (bicyclic) bond motifs is 1. The highest BCUT2D eigenvalue weighted by atomic mass is 35.5. The molecule has 0 bridgehead atoms. The zero-order valence-corrected chi connectivity index (χ0v) is 12.7. The molecule has 0 atom stereocenters. The molecular formula is C16H15ClN2O3. The van der Waals surface area contributed by atoms with E-state index in [-0.39, 0.29) is 18.0 Å². The first kappa shape index (κ1) is 15.9. The molecule has 0 fully saturated rings. The van der Waals surface area contributed by atoms with Crippen molar-refractivity contribution in [3.05, 3.63) is 64.7 Å². The molecule has 3 aromatic rings. The predicted octanol–water partition coefficient (Wildman–Crippen LogP) is 2.93. The first-order chi connectivity index (χ1) is 10.3. The summed E-state index contributed by atoms with van der Waals surface area (Å²) in [6, 6.07) is 13.2. The van der Waals surface area contributed by atoms with Crippen molar-refractivity contribution < 1.29 is 9.47 Å². The van der Waals surface area contributed by atoms with Crippen LogP contribution in [0.15, 0.2) is 53.6 Å². The minimum atomic E-state index is -0.202. The average molecular weight is 319 g/mol. The third-order valence-electron chi connectivity index (χ3n) is 3.16. The third kappa shape index (κ3) is 3.20. The summed E-state index contributed by atoms with van der Waals surface area (Å²) in [7, 11) is 1.56. The minimum Gasteiger partial charge on any atom is -0.493 e. The Labute approximate surface area is 133 Å². The van der Waals surface area contributed by atoms with Crippen LogP contribution in [-0.2, 0) is 6.61 Å². The van der Waals surface area contributed by atoms with Crippen LogP contribution in [-0.4, -0.2) is 17.1 Å². The number of hydrogen-bond acceptors (Lipinski definition) is 4. The Morgan fingerprint density at radius 2 is 1.91 bits per heavy atom. The molecule has 0 saturated heterocycles. The van der Waals surface area contributed by atoms with E-state index in [1.807, 2.05) is 30.3 Å². The maximum Gasteiger partial charge on any atom is 0.258 e. The van der Waals surface area contributed by atoms with Gasteiger partial charge in [-0.15, -0.1) is 12.4 Å². The number of nitrogens with one attached hydrogen (secondary N) is 1. The minimum absolute atomic E-state index is 0. The fourth-order valence-corrected chi connectivity index (χ4v) is 2.08. The molecular weight excluding hydrogens is 304 g/mol. The number of ether oxygens (including phenoxy) is 2. The number of halogens is 1. The van der Waals surface area contributed by atoms with Crippen molar-refractivity contribution >= 4 is 23.3 Å². The van der Waals surface area contributed by atoms with E-state index in [0.29, 0.717) is 29.0 Å². The van der Waals surface area contributed by atoms with Crippen molar-refractivity contribution in [2.24, 2.45) is 0 Å². The van der Waals surface area contributed by atoms with E-state index < -0.39 is 0 Å². The zero-order chi connectivity index (χ0) is 14.7. The second kappa shape index (κ2) is 6.95. The Morgan fingerprint density at radius 3 is 2.64 bits per heavy atom. The number of aromatic nitrogens is 2. The Morgan fingerprint density at radius 1 is 1.14 bits per heavy atom. The topological polar surface area (TPSA) is 64.2 Å². The van der Waals surface area contributed by atoms with Gasteiger partial charge >= 0.3 is 0 Å². The lowest BCUT2D eigenvalue weighted by molar-refractivity contribution is 0.285. The van der Waals surface area contributed by atoms with Gasteiger partial charge in [0.15, 0.2) is 11.5 Å². The van der Waals surface area contributed by atoms with Crippen LogP contribution < -0.4 is 15.0 Å². The zero-order valence-electron chi connectivity index (χ0n) is 11.9. The first-order valence-corrected chi connectivity index (χ1v) is 6.50. The summed E-state index contributed by atoms with van der Waals surface area (Å²) in [4.78, 5) is 18.5. The summed E-state index contributed by atoms with van der Waals surface area (Å²) in [6.07, 6.45) is 1.37. The van der Waals surface area contributed by atoms with Gasteiger partial charge in [-0.3, -0.25) is 4.79 Å². The van der Waals surface area contributed by atoms with Crippen LogP contribution in [0, 0.1) is 0 Å². The van der Waals surface area contributed by atoms with Crippen molar-refractivity contribution in [2.75, 3.05) is 7.11 Å². The van der Waals surface area contributed by atoms with Crippen molar-refractivity contribution in [1.29, 1.82) is 0 Å². The maximum absolute atomic E-state index is 11.8. The number of benzene rings is 2. The van der Waals surface area contributed by atoms with Gasteiger partial charge in [-0.1, -0.05) is 30.3 Å². The van der Waals surface area contributed by atoms with E-state index >= 15 is 0 Å². The van der Waals surface area contributed by atoms with Crippen molar-refractivity contribution in [3.63, 3.8) is 0 Å². The highest BCUT2D eigenvalue weighted by molar-refractivity contribution is 5.85. The Kier molecular flexibility index (Phi) is 5.01. The lowest BCUT2D eigenvalue weighted by Gasteiger charge is -2.11. The molecule has 0 aliphatic carbocycles. The number of nitrogens with zero attached hydrogens (tertiary/aromatic N) is 1. The Hall–Kier alpha value is -2.53. The second-order valence-electron chi connectivity index (χ2n) is 4.53. The smallest absolute Gasteiger partial charge is 0.258 e. The van der Waals surface area contributed by atoms with E-state index in [0.717, 1.165) is 5.56 Å². The van der Waals surface area contributed by atoms with E-state index in [9.17, 15) is 4.79 Å². The summed E-state index contributed by atoms with van der Waals surface area (Å²) in [5.41, 5.74) is 1.41. The van der Waals surface area contributed by atoms with Gasteiger partial charge in [0.1, 0.15) is 6.61 Å². The van der Waals surface area contributed by atoms with Crippen LogP contribution >= 0.6 is 12.4 Å². The van der Waals surface area contributed by atoms with Crippen molar-refractivity contribution in [3.8, 4) is 11.5 Å². The van der Waals surface area contributed by atoms with Crippen LogP contribution in [0.25, 0.3) is 10.9 Å². The molecule has 0 amide bonds. The summed E-state index contributed by atoms with van der Waals surface area (Å²) in [6.45, 7) is 0.404. The van der Waals surface area contributed by atoms with Gasteiger partial charge in [-0.05, 0) is 11.6 Å². The molecule has 0 spiro atoms. The summed E-state index contributed by atoms with van der Waals surface area (Å²) in [5, 5.41) is 0.473. The molecule has 114 valence electrons. The van der Waals surface area contributed by atoms with E-state index in [4.69, 9.17) is 9.47 Å². The van der Waals surface area contributed by atoms with Crippen LogP contribution in [0.2, 0.25) is 0 Å². The standard InChI is InChI=1S/C16H14N2O3.ClH/c1-20-14-8-13-12(16(19)18-10-17-13)7-15(14)21-9-11-5-3-2-4-6-11;/h2-8,10H,9H2,1H3,(H,17,18,19);1H. The average Bonchev–Trinajstić information content (AvgIpc) is 2.53. The molecule has 0 aliphatic rings. The molecule has 0 aliphatic heterocycles. The number of aromatic amines is 1. The molecule has 5 nitrogen and oxygen atoms in total. The first-order valence-electron chi connectivity index (χ1n) is 6.50. The van der Waals surface area contributed by atoms with Crippen LogP contribution in [0.4, 0.5) is 0 Å². The van der Waals surface area contributed by atoms with Crippen molar-refractivity contribution in [1.82, 2.24) is 9.97 Å². The van der Waals surface area contributed by atoms with E-state index in [1.165, 1.54) is 6.33 Å². The van der Waals surface area contributed by atoms with Gasteiger partial charge < -0.3 is 14.5 Å². The van der Waals surface area contributed by atoms with Crippen LogP contribution in [0.1, 0.15) is 5.56 Å². The fourth-order valence-electron chi connectivity index (χ4n) is 2.08. The highest BCUT2D eigenvalue weighted by Gasteiger charge is 2.10. The number of rotatable bonds is 4. The van der Waals surface area contributed by atoms with Gasteiger partial charge in [-0.25, -0.2) is 4.98 Å². The van der Waals surface area contributed by atoms with E-state index in [2.05, 4.69) is 9.97 Å². The van der Waals surface area contributed by atoms with Gasteiger partial charge in [0.2, 0.25) is 0 Å². The highest BCUT2D eigenvalue weighted by Crippen LogP contribution is 2.30. The molecule has 6 heteroatoms. The lowest BCUT2D eigenvalue weighted by Crippen LogP contribution is -2.07. The van der Waals surface area contributed by atoms with E-state index in [1.54, 1.807) is 19.2 Å². The normalized spacial score (nSPS) is 10.0. The number of hydrogen-bond donors (Lipinski definition) is 1. The molecule has 1 aromatic heterocycles. The summed E-state index contributed by atoms with van der Waals surface area (Å²) < 4.78 is 11.1. The van der Waals surface area contributed by atoms with Gasteiger partial charge in [-0.2, -0.15) is 0 Å². The van der Waals surface area contributed by atoms with Crippen molar-refractivity contribution in [2.45, 2.75) is 6.61 Å². The molecule has 0 radical (unpaired) electrons. The quantitative estimate of drug-likeness (QED) is 0.803. The predicted molar refractivity (Wildman–Crippen MR) is 86.9 cm³/mol. The molecule has 0 unspecified atom stereocenters. The number of methoxy groups -OCH3 is 1. The monoisotopic (exact) mass is 318 g/mol. The largest absolute Gasteiger partial charge is 0.493 e. The molecule has 0 saturated carbocycles. The SMILES string of the molecule is COc1cc2nc[nH]c(=O)c2cc1OCc1ccccc1.Cl. The van der Waals surface area contributed by atoms with Crippen LogP contribution in [0.5, 0.6) is 11.5 Å².